The Labute approximate surface area is 73.0 Å². The highest BCUT2D eigenvalue weighted by molar-refractivity contribution is 5.78. The molecule has 5 nitrogen and oxygen atoms in total. The van der Waals surface area contributed by atoms with Crippen LogP contribution in [0.3, 0.4) is 0 Å². The molecule has 1 aromatic carbocycles. The molecular weight excluding hydrogens is 170 g/mol. The number of aromatic nitrogens is 2. The van der Waals surface area contributed by atoms with Crippen molar-refractivity contribution in [2.45, 2.75) is 0 Å². The van der Waals surface area contributed by atoms with Crippen molar-refractivity contribution in [1.82, 2.24) is 9.71 Å². The van der Waals surface area contributed by atoms with Crippen LogP contribution in [0, 0.1) is 0 Å². The number of hydrogen-bond donors (Lipinski definition) is 2. The highest BCUT2D eigenvalue weighted by atomic mass is 16.5. The Hall–Kier alpha value is -2.04. The summed E-state index contributed by atoms with van der Waals surface area (Å²) in [5, 5.41) is 9.72. The van der Waals surface area contributed by atoms with E-state index in [-0.39, 0.29) is 5.95 Å². The normalized spacial score (nSPS) is 10.5. The average molecular weight is 177 g/mol. The number of para-hydroxylation sites is 1. The molecule has 1 aromatic heterocycles. The minimum Gasteiger partial charge on any atom is -0.425 e. The predicted octanol–water partition coefficient (Wildman–Crippen LogP) is 0.216. The fourth-order valence-electron chi connectivity index (χ4n) is 1.17. The van der Waals surface area contributed by atoms with Gasteiger partial charge in [-0.2, -0.15) is 9.71 Å². The van der Waals surface area contributed by atoms with Gasteiger partial charge in [-0.25, -0.2) is 0 Å². The first kappa shape index (κ1) is 7.60. The predicted molar refractivity (Wildman–Crippen MR) is 47.6 cm³/mol. The molecule has 0 amide bonds. The third kappa shape index (κ3) is 1.01. The van der Waals surface area contributed by atoms with E-state index in [0.717, 1.165) is 0 Å². The second-order valence-electron chi connectivity index (χ2n) is 2.60. The number of nitrogens with two attached hydrogens (primary N) is 1. The average Bonchev–Trinajstić information content (AvgIpc) is 2.15. The first-order valence-corrected chi connectivity index (χ1v) is 3.66. The van der Waals surface area contributed by atoms with Gasteiger partial charge in [0.25, 0.3) is 5.56 Å². The number of benzene rings is 1. The second kappa shape index (κ2) is 2.48. The molecular formula is C8H7N3O2. The summed E-state index contributed by atoms with van der Waals surface area (Å²) in [6.45, 7) is 0. The summed E-state index contributed by atoms with van der Waals surface area (Å²) < 4.78 is 0.691. The van der Waals surface area contributed by atoms with Crippen LogP contribution in [0.4, 0.5) is 5.95 Å². The van der Waals surface area contributed by atoms with Gasteiger partial charge in [0.15, 0.2) is 0 Å². The standard InChI is InChI=1S/C8H7N3O2/c9-8-10-7(12)5-3-1-2-4-6(5)11(8)13/h1-4,13H,(H2,9,10,12). The Kier molecular flexibility index (Phi) is 1.45. The van der Waals surface area contributed by atoms with E-state index in [9.17, 15) is 10.0 Å². The van der Waals surface area contributed by atoms with Crippen LogP contribution in [0.2, 0.25) is 0 Å². The molecule has 13 heavy (non-hydrogen) atoms. The molecule has 0 saturated carbocycles. The van der Waals surface area contributed by atoms with E-state index in [0.29, 0.717) is 15.6 Å². The highest BCUT2D eigenvalue weighted by Crippen LogP contribution is 2.09. The molecule has 2 rings (SSSR count). The zero-order valence-electron chi connectivity index (χ0n) is 6.64. The lowest BCUT2D eigenvalue weighted by Gasteiger charge is -2.03. The summed E-state index contributed by atoms with van der Waals surface area (Å²) >= 11 is 0. The molecule has 5 heteroatoms. The van der Waals surface area contributed by atoms with Crippen LogP contribution in [0.15, 0.2) is 29.1 Å². The van der Waals surface area contributed by atoms with E-state index in [2.05, 4.69) is 4.98 Å². The van der Waals surface area contributed by atoms with Gasteiger partial charge >= 0.3 is 0 Å². The maximum absolute atomic E-state index is 11.2. The van der Waals surface area contributed by atoms with Gasteiger partial charge in [-0.05, 0) is 12.1 Å². The summed E-state index contributed by atoms with van der Waals surface area (Å²) in [5.74, 6) is -0.205. The summed E-state index contributed by atoms with van der Waals surface area (Å²) in [7, 11) is 0. The van der Waals surface area contributed by atoms with Crippen LogP contribution in [0.5, 0.6) is 0 Å². The number of fused-ring (bicyclic) bond motifs is 1. The number of anilines is 1. The molecule has 1 heterocycles. The number of rotatable bonds is 0. The number of nitrogens with zero attached hydrogens (tertiary/aromatic N) is 2. The molecule has 0 fully saturated rings. The largest absolute Gasteiger partial charge is 0.425 e. The van der Waals surface area contributed by atoms with Crippen molar-refractivity contribution in [3.8, 4) is 0 Å². The SMILES string of the molecule is Nc1nc(=O)c2ccccc2n1O. The molecule has 66 valence electrons. The third-order valence-electron chi connectivity index (χ3n) is 1.80. The van der Waals surface area contributed by atoms with Gasteiger partial charge in [0.05, 0.1) is 10.9 Å². The Bertz CT molecular complexity index is 518. The first-order chi connectivity index (χ1) is 6.20. The van der Waals surface area contributed by atoms with E-state index in [1.54, 1.807) is 24.3 Å². The third-order valence-corrected chi connectivity index (χ3v) is 1.80. The lowest BCUT2D eigenvalue weighted by atomic mass is 10.2. The highest BCUT2D eigenvalue weighted by Gasteiger charge is 2.05. The van der Waals surface area contributed by atoms with Crippen LogP contribution in [-0.4, -0.2) is 14.9 Å². The minimum atomic E-state index is -0.432. The van der Waals surface area contributed by atoms with Crippen molar-refractivity contribution in [1.29, 1.82) is 0 Å². The molecule has 0 aliphatic carbocycles. The van der Waals surface area contributed by atoms with Crippen molar-refractivity contribution >= 4 is 16.9 Å². The summed E-state index contributed by atoms with van der Waals surface area (Å²) in [6.07, 6.45) is 0. The fraction of sp³-hybridized carbons (Fsp3) is 0. The number of nitrogen functional groups attached to an aromatic ring is 1. The molecule has 3 N–H and O–H groups in total. The zero-order valence-corrected chi connectivity index (χ0v) is 6.64. The first-order valence-electron chi connectivity index (χ1n) is 3.66. The van der Waals surface area contributed by atoms with Gasteiger partial charge in [0, 0.05) is 0 Å². The molecule has 0 unspecified atom stereocenters. The van der Waals surface area contributed by atoms with Crippen LogP contribution >= 0.6 is 0 Å². The van der Waals surface area contributed by atoms with Gasteiger partial charge in [0.2, 0.25) is 5.95 Å². The molecule has 0 saturated heterocycles. The summed E-state index contributed by atoms with van der Waals surface area (Å²) in [5.41, 5.74) is 5.22. The maximum atomic E-state index is 11.2. The fourth-order valence-corrected chi connectivity index (χ4v) is 1.17. The molecule has 0 aliphatic heterocycles. The van der Waals surface area contributed by atoms with Gasteiger partial charge in [0.1, 0.15) is 0 Å². The Morgan fingerprint density at radius 2 is 2.08 bits per heavy atom. The smallest absolute Gasteiger partial charge is 0.282 e. The van der Waals surface area contributed by atoms with E-state index in [4.69, 9.17) is 5.73 Å². The monoisotopic (exact) mass is 177 g/mol. The van der Waals surface area contributed by atoms with Gasteiger partial charge in [-0.15, -0.1) is 0 Å². The zero-order chi connectivity index (χ0) is 9.42. The van der Waals surface area contributed by atoms with Crippen LogP contribution in [0.1, 0.15) is 0 Å². The van der Waals surface area contributed by atoms with E-state index < -0.39 is 5.56 Å². The van der Waals surface area contributed by atoms with Gasteiger partial charge < -0.3 is 10.9 Å². The Morgan fingerprint density at radius 1 is 1.38 bits per heavy atom. The van der Waals surface area contributed by atoms with Crippen molar-refractivity contribution in [2.24, 2.45) is 0 Å². The lowest BCUT2D eigenvalue weighted by Crippen LogP contribution is -2.16. The van der Waals surface area contributed by atoms with Crippen LogP contribution in [-0.2, 0) is 0 Å². The van der Waals surface area contributed by atoms with Gasteiger partial charge in [-0.3, -0.25) is 4.79 Å². The minimum absolute atomic E-state index is 0.205. The molecule has 0 bridgehead atoms. The van der Waals surface area contributed by atoms with Crippen molar-refractivity contribution in [3.05, 3.63) is 34.6 Å². The Morgan fingerprint density at radius 3 is 2.85 bits per heavy atom. The molecule has 0 aliphatic rings. The maximum Gasteiger partial charge on any atom is 0.282 e. The topological polar surface area (TPSA) is 81.1 Å². The van der Waals surface area contributed by atoms with Crippen molar-refractivity contribution in [2.75, 3.05) is 5.73 Å². The lowest BCUT2D eigenvalue weighted by molar-refractivity contribution is 0.201. The number of hydrogen-bond acceptors (Lipinski definition) is 4. The van der Waals surface area contributed by atoms with Crippen LogP contribution < -0.4 is 11.3 Å². The summed E-state index contributed by atoms with van der Waals surface area (Å²) in [6, 6.07) is 6.57. The van der Waals surface area contributed by atoms with Crippen molar-refractivity contribution in [3.63, 3.8) is 0 Å². The van der Waals surface area contributed by atoms with Crippen molar-refractivity contribution < 1.29 is 5.21 Å². The molecule has 2 aromatic rings. The second-order valence-corrected chi connectivity index (χ2v) is 2.60. The quantitative estimate of drug-likeness (QED) is 0.564. The van der Waals surface area contributed by atoms with Crippen LogP contribution in [0.25, 0.3) is 10.9 Å². The van der Waals surface area contributed by atoms with E-state index in [1.807, 2.05) is 0 Å². The van der Waals surface area contributed by atoms with E-state index >= 15 is 0 Å². The molecule has 0 atom stereocenters. The Balaban J connectivity index is 3.06. The van der Waals surface area contributed by atoms with E-state index in [1.165, 1.54) is 0 Å². The summed E-state index contributed by atoms with van der Waals surface area (Å²) in [4.78, 5) is 14.7. The molecule has 0 radical (unpaired) electrons. The van der Waals surface area contributed by atoms with Gasteiger partial charge in [-0.1, -0.05) is 12.1 Å². The molecule has 0 spiro atoms.